The number of anilines is 1. The Morgan fingerprint density at radius 1 is 0.925 bits per heavy atom. The van der Waals surface area contributed by atoms with Crippen LogP contribution in [0.2, 0.25) is 5.02 Å². The number of para-hydroxylation sites is 1. The fourth-order valence-corrected chi connectivity index (χ4v) is 5.59. The lowest BCUT2D eigenvalue weighted by molar-refractivity contribution is -0.140. The lowest BCUT2D eigenvalue weighted by Gasteiger charge is -2.34. The molecule has 214 valence electrons. The third-order valence-corrected chi connectivity index (χ3v) is 8.12. The van der Waals surface area contributed by atoms with Crippen LogP contribution in [-0.2, 0) is 32.6 Å². The molecule has 0 saturated heterocycles. The quantitative estimate of drug-likeness (QED) is 0.292. The number of carbonyl (C=O) groups is 2. The second-order valence-corrected chi connectivity index (χ2v) is 12.4. The van der Waals surface area contributed by atoms with Gasteiger partial charge in [0.25, 0.3) is 0 Å². The lowest BCUT2D eigenvalue weighted by atomic mass is 10.0. The van der Waals surface area contributed by atoms with Crippen molar-refractivity contribution in [3.8, 4) is 0 Å². The second-order valence-electron chi connectivity index (χ2n) is 10.1. The van der Waals surface area contributed by atoms with Gasteiger partial charge in [-0.2, -0.15) is 0 Å². The SMILES string of the molecule is CCCNC(=O)[C@H](Cc1ccccc1)N(Cc1ccccc1Cl)C(=O)CN(c1ccccc1C(C)C)S(C)(=O)=O. The van der Waals surface area contributed by atoms with Crippen molar-refractivity contribution >= 4 is 39.1 Å². The molecule has 1 N–H and O–H groups in total. The highest BCUT2D eigenvalue weighted by Crippen LogP contribution is 2.29. The number of nitrogens with zero attached hydrogens (tertiary/aromatic N) is 2. The summed E-state index contributed by atoms with van der Waals surface area (Å²) in [6.45, 7) is 5.93. The molecule has 9 heteroatoms. The average molecular weight is 584 g/mol. The van der Waals surface area contributed by atoms with Gasteiger partial charge < -0.3 is 10.2 Å². The number of carbonyl (C=O) groups excluding carboxylic acids is 2. The van der Waals surface area contributed by atoms with Crippen LogP contribution in [0.4, 0.5) is 5.69 Å². The molecular formula is C31H38ClN3O4S. The van der Waals surface area contributed by atoms with Crippen molar-refractivity contribution in [1.29, 1.82) is 0 Å². The molecule has 0 aliphatic carbocycles. The first-order valence-corrected chi connectivity index (χ1v) is 15.7. The summed E-state index contributed by atoms with van der Waals surface area (Å²) in [6.07, 6.45) is 2.08. The van der Waals surface area contributed by atoms with Crippen LogP contribution in [0.15, 0.2) is 78.9 Å². The minimum absolute atomic E-state index is 0.0282. The Morgan fingerprint density at radius 3 is 2.17 bits per heavy atom. The summed E-state index contributed by atoms with van der Waals surface area (Å²) in [5.41, 5.74) is 2.79. The van der Waals surface area contributed by atoms with E-state index in [2.05, 4.69) is 5.32 Å². The Morgan fingerprint density at radius 2 is 1.55 bits per heavy atom. The van der Waals surface area contributed by atoms with Gasteiger partial charge in [-0.25, -0.2) is 8.42 Å². The molecule has 1 atom stereocenters. The van der Waals surface area contributed by atoms with E-state index in [1.807, 2.05) is 69.3 Å². The molecule has 0 fully saturated rings. The predicted octanol–water partition coefficient (Wildman–Crippen LogP) is 5.40. The van der Waals surface area contributed by atoms with E-state index in [1.54, 1.807) is 30.3 Å². The van der Waals surface area contributed by atoms with Gasteiger partial charge in [0.15, 0.2) is 0 Å². The van der Waals surface area contributed by atoms with Crippen molar-refractivity contribution in [3.05, 3.63) is 101 Å². The zero-order valence-electron chi connectivity index (χ0n) is 23.5. The minimum Gasteiger partial charge on any atom is -0.354 e. The fourth-order valence-electron chi connectivity index (χ4n) is 4.53. The zero-order valence-corrected chi connectivity index (χ0v) is 25.1. The van der Waals surface area contributed by atoms with Gasteiger partial charge in [-0.3, -0.25) is 13.9 Å². The second kappa shape index (κ2) is 14.3. The molecule has 3 aromatic rings. The molecule has 7 nitrogen and oxygen atoms in total. The van der Waals surface area contributed by atoms with E-state index >= 15 is 0 Å². The molecule has 2 amide bonds. The summed E-state index contributed by atoms with van der Waals surface area (Å²) in [7, 11) is -3.84. The molecule has 3 rings (SSSR count). The van der Waals surface area contributed by atoms with Gasteiger partial charge in [0.1, 0.15) is 12.6 Å². The van der Waals surface area contributed by atoms with Gasteiger partial charge >= 0.3 is 0 Å². The Kier molecular flexibility index (Phi) is 11.2. The van der Waals surface area contributed by atoms with Gasteiger partial charge in [-0.05, 0) is 41.2 Å². The molecule has 0 aliphatic rings. The Bertz CT molecular complexity index is 1400. The Balaban J connectivity index is 2.09. The Hall–Kier alpha value is -3.36. The third kappa shape index (κ3) is 8.32. The number of hydrogen-bond donors (Lipinski definition) is 1. The number of hydrogen-bond acceptors (Lipinski definition) is 4. The topological polar surface area (TPSA) is 86.8 Å². The van der Waals surface area contributed by atoms with Crippen molar-refractivity contribution in [1.82, 2.24) is 10.2 Å². The van der Waals surface area contributed by atoms with Crippen LogP contribution in [-0.4, -0.2) is 50.5 Å². The number of sulfonamides is 1. The highest BCUT2D eigenvalue weighted by atomic mass is 35.5. The highest BCUT2D eigenvalue weighted by molar-refractivity contribution is 7.92. The van der Waals surface area contributed by atoms with E-state index in [0.717, 1.165) is 28.1 Å². The summed E-state index contributed by atoms with van der Waals surface area (Å²) in [6, 6.07) is 22.9. The number of benzene rings is 3. The van der Waals surface area contributed by atoms with Crippen LogP contribution in [0.25, 0.3) is 0 Å². The van der Waals surface area contributed by atoms with E-state index in [-0.39, 0.29) is 24.8 Å². The molecule has 0 aliphatic heterocycles. The molecule has 40 heavy (non-hydrogen) atoms. The molecule has 0 heterocycles. The number of amides is 2. The van der Waals surface area contributed by atoms with Crippen LogP contribution in [0, 0.1) is 0 Å². The van der Waals surface area contributed by atoms with Crippen LogP contribution in [0.3, 0.4) is 0 Å². The zero-order chi connectivity index (χ0) is 29.3. The average Bonchev–Trinajstić information content (AvgIpc) is 2.93. The van der Waals surface area contributed by atoms with Crippen molar-refractivity contribution in [3.63, 3.8) is 0 Å². The van der Waals surface area contributed by atoms with E-state index in [1.165, 1.54) is 4.90 Å². The third-order valence-electron chi connectivity index (χ3n) is 6.63. The van der Waals surface area contributed by atoms with E-state index < -0.39 is 28.5 Å². The van der Waals surface area contributed by atoms with E-state index in [0.29, 0.717) is 22.8 Å². The van der Waals surface area contributed by atoms with Crippen LogP contribution >= 0.6 is 11.6 Å². The van der Waals surface area contributed by atoms with E-state index in [9.17, 15) is 18.0 Å². The molecule has 0 aromatic heterocycles. The maximum Gasteiger partial charge on any atom is 0.244 e. The normalized spacial score (nSPS) is 12.2. The van der Waals surface area contributed by atoms with Crippen molar-refractivity contribution < 1.29 is 18.0 Å². The molecule has 0 bridgehead atoms. The monoisotopic (exact) mass is 583 g/mol. The van der Waals surface area contributed by atoms with Gasteiger partial charge in [0, 0.05) is 24.5 Å². The lowest BCUT2D eigenvalue weighted by Crippen LogP contribution is -2.53. The van der Waals surface area contributed by atoms with Gasteiger partial charge in [-0.15, -0.1) is 0 Å². The number of nitrogens with one attached hydrogen (secondary N) is 1. The number of halogens is 1. The van der Waals surface area contributed by atoms with Gasteiger partial charge in [0.05, 0.1) is 11.9 Å². The maximum atomic E-state index is 14.2. The molecular weight excluding hydrogens is 546 g/mol. The van der Waals surface area contributed by atoms with Crippen molar-refractivity contribution in [2.75, 3.05) is 23.7 Å². The predicted molar refractivity (Wildman–Crippen MR) is 162 cm³/mol. The van der Waals surface area contributed by atoms with Crippen molar-refractivity contribution in [2.24, 2.45) is 0 Å². The maximum absolute atomic E-state index is 14.2. The number of rotatable bonds is 13. The minimum atomic E-state index is -3.84. The molecule has 0 spiro atoms. The summed E-state index contributed by atoms with van der Waals surface area (Å²) >= 11 is 6.49. The molecule has 3 aromatic carbocycles. The molecule has 0 unspecified atom stereocenters. The van der Waals surface area contributed by atoms with E-state index in [4.69, 9.17) is 11.6 Å². The summed E-state index contributed by atoms with van der Waals surface area (Å²) in [5, 5.41) is 3.39. The highest BCUT2D eigenvalue weighted by Gasteiger charge is 2.33. The standard InChI is InChI=1S/C31H38ClN3O4S/c1-5-19-33-31(37)29(20-24-13-7-6-8-14-24)34(21-25-15-9-11-17-27(25)32)30(36)22-35(40(4,38)39)28-18-12-10-16-26(28)23(2)3/h6-18,23,29H,5,19-22H2,1-4H3,(H,33,37)/t29-/m0/s1. The summed E-state index contributed by atoms with van der Waals surface area (Å²) in [5.74, 6) is -0.781. The fraction of sp³-hybridized carbons (Fsp3) is 0.355. The largest absolute Gasteiger partial charge is 0.354 e. The molecule has 0 saturated carbocycles. The summed E-state index contributed by atoms with van der Waals surface area (Å²) in [4.78, 5) is 29.2. The van der Waals surface area contributed by atoms with Crippen LogP contribution in [0.5, 0.6) is 0 Å². The van der Waals surface area contributed by atoms with Gasteiger partial charge in [0.2, 0.25) is 21.8 Å². The van der Waals surface area contributed by atoms with Gasteiger partial charge in [-0.1, -0.05) is 99.1 Å². The van der Waals surface area contributed by atoms with Crippen LogP contribution in [0.1, 0.15) is 49.8 Å². The smallest absolute Gasteiger partial charge is 0.244 e. The van der Waals surface area contributed by atoms with Crippen LogP contribution < -0.4 is 9.62 Å². The first kappa shape index (κ1) is 31.2. The first-order chi connectivity index (χ1) is 19.0. The molecule has 0 radical (unpaired) electrons. The Labute approximate surface area is 243 Å². The first-order valence-electron chi connectivity index (χ1n) is 13.4. The summed E-state index contributed by atoms with van der Waals surface area (Å²) < 4.78 is 27.3. The van der Waals surface area contributed by atoms with Crippen molar-refractivity contribution in [2.45, 2.75) is 52.1 Å².